The number of fused-ring (bicyclic) bond motifs is 3. The Bertz CT molecular complexity index is 1590. The SMILES string of the molecule is CS(=O)(=O)c1c(C2CC3CC[C@@H](C2)N3C#N)nc2c(-c3ccc(-c4ccccc4)nc3)cnn2c1N. The van der Waals surface area contributed by atoms with Gasteiger partial charge in [-0.05, 0) is 31.7 Å². The van der Waals surface area contributed by atoms with Crippen LogP contribution in [-0.2, 0) is 9.84 Å². The predicted octanol–water partition coefficient (Wildman–Crippen LogP) is 3.64. The van der Waals surface area contributed by atoms with Crippen molar-refractivity contribution in [1.82, 2.24) is 24.5 Å². The van der Waals surface area contributed by atoms with Gasteiger partial charge in [-0.3, -0.25) is 4.98 Å². The topological polar surface area (TPSA) is 130 Å². The van der Waals surface area contributed by atoms with Gasteiger partial charge in [0.15, 0.2) is 21.7 Å². The number of nitrogen functional groups attached to an aromatic ring is 1. The number of pyridine rings is 1. The Morgan fingerprint density at radius 1 is 1.03 bits per heavy atom. The molecule has 10 heteroatoms. The summed E-state index contributed by atoms with van der Waals surface area (Å²) in [5.74, 6) is -0.0434. The van der Waals surface area contributed by atoms with Crippen LogP contribution in [0.25, 0.3) is 28.0 Å². The van der Waals surface area contributed by atoms with Crippen molar-refractivity contribution in [2.75, 3.05) is 12.0 Å². The second kappa shape index (κ2) is 8.31. The second-order valence-electron chi connectivity index (χ2n) is 9.64. The van der Waals surface area contributed by atoms with Gasteiger partial charge in [0.2, 0.25) is 0 Å². The minimum Gasteiger partial charge on any atom is -0.382 e. The molecule has 3 atom stereocenters. The molecule has 182 valence electrons. The van der Waals surface area contributed by atoms with Crippen LogP contribution < -0.4 is 5.73 Å². The maximum atomic E-state index is 12.9. The number of anilines is 1. The van der Waals surface area contributed by atoms with Crippen molar-refractivity contribution >= 4 is 21.3 Å². The smallest absolute Gasteiger partial charge is 0.180 e. The lowest BCUT2D eigenvalue weighted by Gasteiger charge is -2.35. The molecule has 0 amide bonds. The molecule has 2 N–H and O–H groups in total. The van der Waals surface area contributed by atoms with Gasteiger partial charge in [0, 0.05) is 47.1 Å². The van der Waals surface area contributed by atoms with Crippen LogP contribution in [0, 0.1) is 11.5 Å². The summed E-state index contributed by atoms with van der Waals surface area (Å²) < 4.78 is 27.2. The Hall–Kier alpha value is -3.97. The molecule has 0 aliphatic carbocycles. The third-order valence-corrected chi connectivity index (χ3v) is 8.57. The third-order valence-electron chi connectivity index (χ3n) is 7.41. The summed E-state index contributed by atoms with van der Waals surface area (Å²) in [4.78, 5) is 11.4. The number of hydrogen-bond acceptors (Lipinski definition) is 8. The molecule has 2 bridgehead atoms. The van der Waals surface area contributed by atoms with E-state index in [0.29, 0.717) is 24.2 Å². The number of nitrogens with two attached hydrogens (primary N) is 1. The fraction of sp³-hybridized carbons (Fsp3) is 0.308. The Balaban J connectivity index is 1.47. The van der Waals surface area contributed by atoms with Gasteiger partial charge in [-0.25, -0.2) is 13.4 Å². The van der Waals surface area contributed by atoms with Crippen LogP contribution in [0.1, 0.15) is 37.3 Å². The Morgan fingerprint density at radius 3 is 2.36 bits per heavy atom. The van der Waals surface area contributed by atoms with Gasteiger partial charge in [0.1, 0.15) is 10.7 Å². The van der Waals surface area contributed by atoms with E-state index in [0.717, 1.165) is 41.5 Å². The Morgan fingerprint density at radius 2 is 1.75 bits per heavy atom. The highest BCUT2D eigenvalue weighted by Crippen LogP contribution is 2.45. The highest BCUT2D eigenvalue weighted by atomic mass is 32.2. The number of nitriles is 1. The van der Waals surface area contributed by atoms with Crippen molar-refractivity contribution < 1.29 is 8.42 Å². The summed E-state index contributed by atoms with van der Waals surface area (Å²) in [6.45, 7) is 0. The molecule has 9 nitrogen and oxygen atoms in total. The van der Waals surface area contributed by atoms with Crippen LogP contribution in [0.2, 0.25) is 0 Å². The van der Waals surface area contributed by atoms with E-state index < -0.39 is 9.84 Å². The fourth-order valence-corrected chi connectivity index (χ4v) is 6.83. The summed E-state index contributed by atoms with van der Waals surface area (Å²) in [5, 5.41) is 13.9. The molecule has 2 saturated heterocycles. The van der Waals surface area contributed by atoms with E-state index in [1.165, 1.54) is 4.52 Å². The highest BCUT2D eigenvalue weighted by Gasteiger charge is 2.43. The van der Waals surface area contributed by atoms with Crippen molar-refractivity contribution in [3.8, 4) is 28.6 Å². The quantitative estimate of drug-likeness (QED) is 0.421. The van der Waals surface area contributed by atoms with Gasteiger partial charge in [-0.2, -0.15) is 14.9 Å². The minimum atomic E-state index is -3.67. The maximum Gasteiger partial charge on any atom is 0.180 e. The number of nitrogens with zero attached hydrogens (tertiary/aromatic N) is 6. The zero-order chi connectivity index (χ0) is 25.0. The van der Waals surface area contributed by atoms with E-state index in [1.54, 1.807) is 12.4 Å². The van der Waals surface area contributed by atoms with Crippen LogP contribution in [0.4, 0.5) is 5.82 Å². The predicted molar refractivity (Wildman–Crippen MR) is 135 cm³/mol. The van der Waals surface area contributed by atoms with Crippen molar-refractivity contribution in [2.45, 2.75) is 48.6 Å². The fourth-order valence-electron chi connectivity index (χ4n) is 5.77. The van der Waals surface area contributed by atoms with Gasteiger partial charge in [-0.15, -0.1) is 0 Å². The first-order valence-corrected chi connectivity index (χ1v) is 13.8. The molecule has 0 spiro atoms. The van der Waals surface area contributed by atoms with Crippen molar-refractivity contribution in [3.05, 3.63) is 60.6 Å². The molecular formula is C26H25N7O2S. The highest BCUT2D eigenvalue weighted by molar-refractivity contribution is 7.91. The van der Waals surface area contributed by atoms with E-state index in [9.17, 15) is 13.7 Å². The molecule has 6 rings (SSSR count). The molecular weight excluding hydrogens is 474 g/mol. The average Bonchev–Trinajstić information content (AvgIpc) is 3.41. The lowest BCUT2D eigenvalue weighted by atomic mass is 9.88. The van der Waals surface area contributed by atoms with Gasteiger partial charge in [-0.1, -0.05) is 36.4 Å². The minimum absolute atomic E-state index is 0.0389. The van der Waals surface area contributed by atoms with E-state index in [1.807, 2.05) is 47.4 Å². The zero-order valence-corrected chi connectivity index (χ0v) is 20.6. The van der Waals surface area contributed by atoms with Crippen molar-refractivity contribution in [1.29, 1.82) is 5.26 Å². The summed E-state index contributed by atoms with van der Waals surface area (Å²) in [6, 6.07) is 14.0. The zero-order valence-electron chi connectivity index (χ0n) is 19.7. The molecule has 2 aliphatic rings. The van der Waals surface area contributed by atoms with E-state index in [2.05, 4.69) is 16.3 Å². The van der Waals surface area contributed by atoms with Crippen LogP contribution in [0.5, 0.6) is 0 Å². The first kappa shape index (κ1) is 22.5. The van der Waals surface area contributed by atoms with E-state index >= 15 is 0 Å². The van der Waals surface area contributed by atoms with E-state index in [-0.39, 0.29) is 28.7 Å². The van der Waals surface area contributed by atoms with Gasteiger partial charge < -0.3 is 10.6 Å². The van der Waals surface area contributed by atoms with E-state index in [4.69, 9.17) is 10.7 Å². The summed E-state index contributed by atoms with van der Waals surface area (Å²) in [7, 11) is -3.67. The Labute approximate surface area is 209 Å². The average molecular weight is 500 g/mol. The lowest BCUT2D eigenvalue weighted by molar-refractivity contribution is 0.195. The number of hydrogen-bond donors (Lipinski definition) is 1. The number of piperidine rings is 1. The molecule has 36 heavy (non-hydrogen) atoms. The summed E-state index contributed by atoms with van der Waals surface area (Å²) >= 11 is 0. The first-order valence-electron chi connectivity index (χ1n) is 11.9. The molecule has 0 saturated carbocycles. The number of benzene rings is 1. The molecule has 3 aromatic heterocycles. The van der Waals surface area contributed by atoms with Crippen LogP contribution in [0.3, 0.4) is 0 Å². The molecule has 0 radical (unpaired) electrons. The summed E-state index contributed by atoms with van der Waals surface area (Å²) in [6.07, 6.45) is 10.1. The number of sulfone groups is 1. The van der Waals surface area contributed by atoms with Crippen molar-refractivity contribution in [2.24, 2.45) is 0 Å². The monoisotopic (exact) mass is 499 g/mol. The van der Waals surface area contributed by atoms with Crippen LogP contribution >= 0.6 is 0 Å². The van der Waals surface area contributed by atoms with Crippen molar-refractivity contribution in [3.63, 3.8) is 0 Å². The molecule has 2 aliphatic heterocycles. The Kier molecular flexibility index (Phi) is 5.19. The normalized spacial score (nSPS) is 21.6. The molecule has 5 heterocycles. The standard InChI is InChI=1S/C26H25N7O2S/c1-36(34,35)24-23(18-11-19-8-9-20(12-18)32(19)15-27)31-26-21(14-30-33(26)25(24)28)17-7-10-22(29-13-17)16-5-3-2-4-6-16/h2-7,10,13-14,18-20H,8-9,11-12,28H2,1H3/t18?,19-,20?/m0/s1. The largest absolute Gasteiger partial charge is 0.382 e. The lowest BCUT2D eigenvalue weighted by Crippen LogP contribution is -2.39. The molecule has 4 aromatic rings. The molecule has 2 unspecified atom stereocenters. The van der Waals surface area contributed by atoms with Gasteiger partial charge in [0.05, 0.1) is 17.6 Å². The van der Waals surface area contributed by atoms with Crippen LogP contribution in [0.15, 0.2) is 59.8 Å². The van der Waals surface area contributed by atoms with Crippen LogP contribution in [-0.4, -0.2) is 51.2 Å². The summed E-state index contributed by atoms with van der Waals surface area (Å²) in [5.41, 5.74) is 10.8. The maximum absolute atomic E-state index is 12.9. The third kappa shape index (κ3) is 3.58. The molecule has 2 fully saturated rings. The second-order valence-corrected chi connectivity index (χ2v) is 11.6. The first-order chi connectivity index (χ1) is 17.3. The van der Waals surface area contributed by atoms with Gasteiger partial charge in [0.25, 0.3) is 0 Å². The number of aromatic nitrogens is 4. The molecule has 1 aromatic carbocycles. The number of rotatable bonds is 4. The van der Waals surface area contributed by atoms with Gasteiger partial charge >= 0.3 is 0 Å².